The topological polar surface area (TPSA) is 9.23 Å². The number of hydrogen-bond acceptors (Lipinski definition) is 1. The van der Waals surface area contributed by atoms with E-state index < -0.39 is 11.6 Å². The molecule has 0 bridgehead atoms. The summed E-state index contributed by atoms with van der Waals surface area (Å²) in [6.45, 7) is -0.158. The van der Waals surface area contributed by atoms with Crippen LogP contribution in [0.5, 0.6) is 5.75 Å². The van der Waals surface area contributed by atoms with Crippen LogP contribution in [0.3, 0.4) is 0 Å². The molecule has 0 heterocycles. The fraction of sp³-hybridized carbons (Fsp3) is 0.143. The minimum Gasteiger partial charge on any atom is -0.487 e. The van der Waals surface area contributed by atoms with Gasteiger partial charge in [-0.15, -0.1) is 11.6 Å². The summed E-state index contributed by atoms with van der Waals surface area (Å²) >= 11 is 17.7. The van der Waals surface area contributed by atoms with Crippen LogP contribution in [0.2, 0.25) is 10.0 Å². The first kappa shape index (κ1) is 15.4. The second-order valence-electron chi connectivity index (χ2n) is 4.03. The van der Waals surface area contributed by atoms with Crippen molar-refractivity contribution in [3.05, 3.63) is 63.1 Å². The quantitative estimate of drug-likeness (QED) is 0.661. The summed E-state index contributed by atoms with van der Waals surface area (Å²) in [6.07, 6.45) is 0. The van der Waals surface area contributed by atoms with Crippen molar-refractivity contribution in [1.82, 2.24) is 0 Å². The monoisotopic (exact) mass is 336 g/mol. The van der Waals surface area contributed by atoms with Crippen molar-refractivity contribution < 1.29 is 13.5 Å². The van der Waals surface area contributed by atoms with Gasteiger partial charge in [-0.3, -0.25) is 0 Å². The molecule has 0 aromatic heterocycles. The van der Waals surface area contributed by atoms with Crippen LogP contribution in [0.4, 0.5) is 8.78 Å². The van der Waals surface area contributed by atoms with Gasteiger partial charge in [0.05, 0.1) is 10.9 Å². The highest BCUT2D eigenvalue weighted by Crippen LogP contribution is 2.34. The van der Waals surface area contributed by atoms with Gasteiger partial charge < -0.3 is 4.74 Å². The Morgan fingerprint density at radius 3 is 2.45 bits per heavy atom. The first-order chi connectivity index (χ1) is 9.51. The lowest BCUT2D eigenvalue weighted by atomic mass is 10.2. The smallest absolute Gasteiger partial charge is 0.142 e. The van der Waals surface area contributed by atoms with Gasteiger partial charge in [-0.05, 0) is 30.3 Å². The van der Waals surface area contributed by atoms with Gasteiger partial charge in [-0.25, -0.2) is 8.78 Å². The van der Waals surface area contributed by atoms with Crippen LogP contribution >= 0.6 is 34.8 Å². The van der Waals surface area contributed by atoms with E-state index in [-0.39, 0.29) is 23.1 Å². The van der Waals surface area contributed by atoms with Gasteiger partial charge in [-0.1, -0.05) is 23.2 Å². The van der Waals surface area contributed by atoms with Crippen LogP contribution in [-0.2, 0) is 12.5 Å². The second-order valence-corrected chi connectivity index (χ2v) is 5.14. The van der Waals surface area contributed by atoms with Crippen molar-refractivity contribution >= 4 is 34.8 Å². The van der Waals surface area contributed by atoms with E-state index in [4.69, 9.17) is 39.5 Å². The fourth-order valence-electron chi connectivity index (χ4n) is 1.68. The summed E-state index contributed by atoms with van der Waals surface area (Å²) in [7, 11) is 0. The Hall–Kier alpha value is -1.03. The summed E-state index contributed by atoms with van der Waals surface area (Å²) in [6, 6.07) is 6.26. The maximum Gasteiger partial charge on any atom is 0.142 e. The third-order valence-corrected chi connectivity index (χ3v) is 3.40. The van der Waals surface area contributed by atoms with E-state index in [0.717, 1.165) is 18.2 Å². The number of halogens is 5. The molecule has 0 atom stereocenters. The predicted molar refractivity (Wildman–Crippen MR) is 76.7 cm³/mol. The molecule has 0 amide bonds. The molecule has 0 aliphatic heterocycles. The molecule has 20 heavy (non-hydrogen) atoms. The summed E-state index contributed by atoms with van der Waals surface area (Å²) in [5.41, 5.74) is 0.678. The fourth-order valence-corrected chi connectivity index (χ4v) is 2.47. The average molecular weight is 338 g/mol. The molecule has 0 unspecified atom stereocenters. The molecule has 2 aromatic rings. The Balaban J connectivity index is 2.25. The second kappa shape index (κ2) is 6.61. The third-order valence-electron chi connectivity index (χ3n) is 2.61. The number of benzene rings is 2. The molecule has 0 radical (unpaired) electrons. The van der Waals surface area contributed by atoms with Gasteiger partial charge >= 0.3 is 0 Å². The van der Waals surface area contributed by atoms with Crippen molar-refractivity contribution in [2.75, 3.05) is 0 Å². The van der Waals surface area contributed by atoms with Crippen molar-refractivity contribution in [2.45, 2.75) is 12.5 Å². The predicted octanol–water partition coefficient (Wildman–Crippen LogP) is 5.59. The molecule has 2 aromatic carbocycles. The van der Waals surface area contributed by atoms with Crippen molar-refractivity contribution in [2.24, 2.45) is 0 Å². The number of ether oxygens (including phenoxy) is 1. The Morgan fingerprint density at radius 2 is 1.75 bits per heavy atom. The van der Waals surface area contributed by atoms with Crippen LogP contribution in [0.25, 0.3) is 0 Å². The van der Waals surface area contributed by atoms with Gasteiger partial charge in [-0.2, -0.15) is 0 Å². The molecule has 6 heteroatoms. The molecule has 0 saturated heterocycles. The van der Waals surface area contributed by atoms with Gasteiger partial charge in [0.25, 0.3) is 0 Å². The van der Waals surface area contributed by atoms with E-state index in [2.05, 4.69) is 0 Å². The van der Waals surface area contributed by atoms with Crippen molar-refractivity contribution in [3.8, 4) is 5.75 Å². The van der Waals surface area contributed by atoms with Gasteiger partial charge in [0.15, 0.2) is 0 Å². The zero-order chi connectivity index (χ0) is 14.7. The standard InChI is InChI=1S/C14H9Cl3F2O/c15-6-8-3-10(16)5-12(17)14(8)20-7-9-4-11(18)1-2-13(9)19/h1-5H,6-7H2. The molecular weight excluding hydrogens is 329 g/mol. The summed E-state index contributed by atoms with van der Waals surface area (Å²) < 4.78 is 32.0. The van der Waals surface area contributed by atoms with Crippen LogP contribution in [0.15, 0.2) is 30.3 Å². The van der Waals surface area contributed by atoms with E-state index in [1.807, 2.05) is 0 Å². The largest absolute Gasteiger partial charge is 0.487 e. The Bertz CT molecular complexity index is 632. The Labute approximate surface area is 130 Å². The lowest BCUT2D eigenvalue weighted by Gasteiger charge is -2.13. The van der Waals surface area contributed by atoms with E-state index >= 15 is 0 Å². The lowest BCUT2D eigenvalue weighted by molar-refractivity contribution is 0.297. The van der Waals surface area contributed by atoms with Crippen LogP contribution in [0, 0.1) is 11.6 Å². The summed E-state index contributed by atoms with van der Waals surface area (Å²) in [5.74, 6) is -0.634. The maximum absolute atomic E-state index is 13.5. The highest BCUT2D eigenvalue weighted by atomic mass is 35.5. The average Bonchev–Trinajstić information content (AvgIpc) is 2.40. The highest BCUT2D eigenvalue weighted by molar-refractivity contribution is 6.36. The van der Waals surface area contributed by atoms with Crippen molar-refractivity contribution in [1.29, 1.82) is 0 Å². The summed E-state index contributed by atoms with van der Waals surface area (Å²) in [5, 5.41) is 0.694. The van der Waals surface area contributed by atoms with Gasteiger partial charge in [0.1, 0.15) is 24.0 Å². The van der Waals surface area contributed by atoms with Crippen LogP contribution < -0.4 is 4.74 Å². The molecular formula is C14H9Cl3F2O. The summed E-state index contributed by atoms with van der Waals surface area (Å²) in [4.78, 5) is 0. The minimum absolute atomic E-state index is 0.0940. The first-order valence-electron chi connectivity index (χ1n) is 5.62. The lowest BCUT2D eigenvalue weighted by Crippen LogP contribution is -2.01. The van der Waals surface area contributed by atoms with E-state index in [1.165, 1.54) is 6.07 Å². The SMILES string of the molecule is Fc1ccc(F)c(COc2c(Cl)cc(Cl)cc2CCl)c1. The molecule has 0 aliphatic carbocycles. The Kier molecular flexibility index (Phi) is 5.08. The number of alkyl halides is 1. The van der Waals surface area contributed by atoms with E-state index in [0.29, 0.717) is 16.3 Å². The van der Waals surface area contributed by atoms with E-state index in [1.54, 1.807) is 6.07 Å². The molecule has 0 saturated carbocycles. The maximum atomic E-state index is 13.5. The van der Waals surface area contributed by atoms with Crippen LogP contribution in [0.1, 0.15) is 11.1 Å². The molecule has 0 spiro atoms. The minimum atomic E-state index is -0.552. The first-order valence-corrected chi connectivity index (χ1v) is 6.91. The molecule has 1 nitrogen and oxygen atoms in total. The van der Waals surface area contributed by atoms with Gasteiger partial charge in [0, 0.05) is 16.1 Å². The molecule has 0 fully saturated rings. The van der Waals surface area contributed by atoms with E-state index in [9.17, 15) is 8.78 Å². The normalized spacial score (nSPS) is 10.7. The number of hydrogen-bond donors (Lipinski definition) is 0. The molecule has 0 aliphatic rings. The zero-order valence-electron chi connectivity index (χ0n) is 10.1. The molecule has 2 rings (SSSR count). The number of rotatable bonds is 4. The molecule has 0 N–H and O–H groups in total. The third kappa shape index (κ3) is 3.54. The highest BCUT2D eigenvalue weighted by Gasteiger charge is 2.12. The molecule has 106 valence electrons. The van der Waals surface area contributed by atoms with Crippen molar-refractivity contribution in [3.63, 3.8) is 0 Å². The Morgan fingerprint density at radius 1 is 1.00 bits per heavy atom. The van der Waals surface area contributed by atoms with Gasteiger partial charge in [0.2, 0.25) is 0 Å². The zero-order valence-corrected chi connectivity index (χ0v) is 12.4. The van der Waals surface area contributed by atoms with Crippen LogP contribution in [-0.4, -0.2) is 0 Å².